The lowest BCUT2D eigenvalue weighted by molar-refractivity contribution is -0.272. The molecule has 18 N–H and O–H groups in total. The van der Waals surface area contributed by atoms with Crippen molar-refractivity contribution >= 4 is 53.4 Å². The maximum absolute atomic E-state index is 14.1. The number of aliphatic hydroxyl groups excluding tert-OH is 9. The Balaban J connectivity index is 1.27. The van der Waals surface area contributed by atoms with Gasteiger partial charge in [0, 0.05) is 85.6 Å². The molecular formula is C82H143N9O36. The first kappa shape index (κ1) is 113. The van der Waals surface area contributed by atoms with Gasteiger partial charge in [0.25, 0.3) is 0 Å². The van der Waals surface area contributed by atoms with Gasteiger partial charge in [0.05, 0.1) is 172 Å². The number of nitrogens with one attached hydrogen (secondary N) is 9. The maximum Gasteiger partial charge on any atom is 0.407 e. The van der Waals surface area contributed by atoms with E-state index in [0.29, 0.717) is 19.3 Å². The summed E-state index contributed by atoms with van der Waals surface area (Å²) in [5.41, 5.74) is -0.561. The van der Waals surface area contributed by atoms with Crippen LogP contribution >= 0.6 is 0 Å². The van der Waals surface area contributed by atoms with Crippen molar-refractivity contribution in [2.45, 2.75) is 228 Å². The lowest BCUT2D eigenvalue weighted by Crippen LogP contribution is -2.64. The number of benzene rings is 1. The minimum atomic E-state index is -1.47. The van der Waals surface area contributed by atoms with Crippen LogP contribution in [0.4, 0.5) is 4.79 Å². The first-order valence-corrected chi connectivity index (χ1v) is 43.4. The Hall–Kier alpha value is -6.79. The quantitative estimate of drug-likeness (QED) is 0.0215. The van der Waals surface area contributed by atoms with Crippen molar-refractivity contribution in [3.05, 3.63) is 35.9 Å². The van der Waals surface area contributed by atoms with Gasteiger partial charge >= 0.3 is 6.09 Å². The Labute approximate surface area is 741 Å². The van der Waals surface area contributed by atoms with Gasteiger partial charge in [-0.15, -0.1) is 0 Å². The molecule has 0 radical (unpaired) electrons. The number of hydrogen-bond donors (Lipinski definition) is 18. The number of unbranched alkanes of at least 4 members (excludes halogenated alkanes) is 7. The van der Waals surface area contributed by atoms with Crippen LogP contribution in [0.25, 0.3) is 0 Å². The predicted octanol–water partition coefficient (Wildman–Crippen LogP) is -4.90. The van der Waals surface area contributed by atoms with E-state index in [1.807, 2.05) is 30.3 Å². The van der Waals surface area contributed by atoms with Crippen LogP contribution in [0, 0.1) is 0 Å². The van der Waals surface area contributed by atoms with Crippen molar-refractivity contribution < 1.29 is 174 Å². The van der Waals surface area contributed by atoms with Gasteiger partial charge in [0.15, 0.2) is 24.7 Å². The number of ether oxygens (including phenoxy) is 18. The summed E-state index contributed by atoms with van der Waals surface area (Å²) < 4.78 is 102. The zero-order valence-electron chi connectivity index (χ0n) is 73.9. The summed E-state index contributed by atoms with van der Waals surface area (Å²) >= 11 is 0. The van der Waals surface area contributed by atoms with Crippen LogP contribution in [-0.4, -0.2) is 407 Å². The molecule has 3 fully saturated rings. The Kier molecular flexibility index (Phi) is 59.7. The van der Waals surface area contributed by atoms with E-state index in [0.717, 1.165) is 44.1 Å². The molecule has 9 amide bonds. The van der Waals surface area contributed by atoms with Gasteiger partial charge in [-0.05, 0) is 32.3 Å². The molecule has 127 heavy (non-hydrogen) atoms. The number of carbonyl (C=O) groups excluding carboxylic acids is 9. The summed E-state index contributed by atoms with van der Waals surface area (Å²) in [5, 5.41) is 115. The average molecular weight is 1830 g/mol. The maximum atomic E-state index is 14.1. The van der Waals surface area contributed by atoms with Crippen molar-refractivity contribution in [2.24, 2.45) is 0 Å². The van der Waals surface area contributed by atoms with E-state index < -0.39 is 147 Å². The molecule has 4 rings (SSSR count). The summed E-state index contributed by atoms with van der Waals surface area (Å²) in [6.07, 6.45) is -9.91. The second-order valence-electron chi connectivity index (χ2n) is 30.6. The van der Waals surface area contributed by atoms with E-state index in [1.54, 1.807) is 13.8 Å². The molecule has 0 spiro atoms. The van der Waals surface area contributed by atoms with Crippen LogP contribution in [0.3, 0.4) is 0 Å². The van der Waals surface area contributed by atoms with Crippen LogP contribution < -0.4 is 47.9 Å². The standard InChI is InChI=1S/C82H143N9O36/c1-56(95)88-68-74(106)71(103)60(49-92)125-77(68)119-46-43-113-40-37-110-32-24-83-64(99)21-29-116-53-82(54-117-30-22-65(100)84-25-33-111-38-41-114-44-47-120-78-69(89-57(2)96)75(107)72(104)61(50-93)126-78,55-118-31-23-66(101)85-26-34-112-39-42-115-45-48-121-79-70(90-58(3)97)76(108)73(105)62(51-94)127-79)91-67(102)20-16-11-9-7-6-8-10-15-19-63(98)86-27-35-123-81(4,5)124-36-28-87-80(109)122-52-59-17-13-12-14-18-59/h12-14,17-18,60-62,68-79,92-94,103-108H,6-11,15-16,19-55H2,1-5H3,(H,83,99)(H,84,100)(H,85,101)(H,86,98)(H,87,109)(H,88,95)(H,89,96)(H,90,97)(H,91,102). The Bertz CT molecular complexity index is 2950. The Morgan fingerprint density at radius 3 is 0.984 bits per heavy atom. The third-order valence-corrected chi connectivity index (χ3v) is 19.5. The normalized spacial score (nSPS) is 22.9. The predicted molar refractivity (Wildman–Crippen MR) is 445 cm³/mol. The highest BCUT2D eigenvalue weighted by Gasteiger charge is 2.48. The molecule has 732 valence electrons. The molecule has 0 saturated carbocycles. The highest BCUT2D eigenvalue weighted by atomic mass is 16.7. The third-order valence-electron chi connectivity index (χ3n) is 19.5. The highest BCUT2D eigenvalue weighted by Crippen LogP contribution is 2.26. The van der Waals surface area contributed by atoms with Crippen LogP contribution in [0.2, 0.25) is 0 Å². The van der Waals surface area contributed by atoms with Gasteiger partial charge in [-0.2, -0.15) is 0 Å². The number of alkyl carbamates (subject to hydrolysis) is 1. The number of carbonyl (C=O) groups is 9. The first-order valence-electron chi connectivity index (χ1n) is 43.4. The van der Waals surface area contributed by atoms with E-state index in [1.165, 1.54) is 20.8 Å². The summed E-state index contributed by atoms with van der Waals surface area (Å²) in [4.78, 5) is 113. The fraction of sp³-hybridized carbons (Fsp3) is 0.817. The fourth-order valence-electron chi connectivity index (χ4n) is 12.9. The van der Waals surface area contributed by atoms with Crippen LogP contribution in [0.1, 0.15) is 124 Å². The third kappa shape index (κ3) is 49.9. The summed E-state index contributed by atoms with van der Waals surface area (Å²) in [5.74, 6) is -4.09. The molecule has 0 bridgehead atoms. The van der Waals surface area contributed by atoms with Crippen LogP contribution in [-0.2, 0) is 130 Å². The minimum Gasteiger partial charge on any atom is -0.445 e. The lowest BCUT2D eigenvalue weighted by atomic mass is 9.97. The number of amides is 9. The van der Waals surface area contributed by atoms with Crippen LogP contribution in [0.15, 0.2) is 30.3 Å². The monoisotopic (exact) mass is 1830 g/mol. The van der Waals surface area contributed by atoms with Crippen molar-refractivity contribution in [1.29, 1.82) is 0 Å². The molecular weight excluding hydrogens is 1690 g/mol. The molecule has 3 aliphatic rings. The molecule has 15 atom stereocenters. The molecule has 45 nitrogen and oxygen atoms in total. The fourth-order valence-corrected chi connectivity index (χ4v) is 12.9. The second-order valence-corrected chi connectivity index (χ2v) is 30.6. The number of rotatable bonds is 73. The molecule has 1 aromatic rings. The van der Waals surface area contributed by atoms with E-state index in [2.05, 4.69) is 47.9 Å². The largest absolute Gasteiger partial charge is 0.445 e. The smallest absolute Gasteiger partial charge is 0.407 e. The van der Waals surface area contributed by atoms with Crippen molar-refractivity contribution in [1.82, 2.24) is 47.9 Å². The van der Waals surface area contributed by atoms with Gasteiger partial charge < -0.3 is 179 Å². The van der Waals surface area contributed by atoms with E-state index >= 15 is 0 Å². The van der Waals surface area contributed by atoms with Crippen molar-refractivity contribution in [2.75, 3.05) is 205 Å². The topological polar surface area (TPSA) is 610 Å². The Morgan fingerprint density at radius 2 is 0.646 bits per heavy atom. The second kappa shape index (κ2) is 67.4. The van der Waals surface area contributed by atoms with Gasteiger partial charge in [0.1, 0.15) is 85.2 Å². The average Bonchev–Trinajstić information content (AvgIpc) is 0.820. The minimum absolute atomic E-state index is 0.0405. The molecule has 0 aromatic heterocycles. The Morgan fingerprint density at radius 1 is 0.346 bits per heavy atom. The molecule has 45 heteroatoms. The van der Waals surface area contributed by atoms with Crippen molar-refractivity contribution in [3.8, 4) is 0 Å². The summed E-state index contributed by atoms with van der Waals surface area (Å²) in [6, 6.07) is 5.98. The highest BCUT2D eigenvalue weighted by molar-refractivity contribution is 5.78. The zero-order valence-corrected chi connectivity index (χ0v) is 73.9. The van der Waals surface area contributed by atoms with E-state index in [-0.39, 0.29) is 247 Å². The van der Waals surface area contributed by atoms with E-state index in [4.69, 9.17) is 85.3 Å². The molecule has 3 aliphatic heterocycles. The molecule has 15 unspecified atom stereocenters. The van der Waals surface area contributed by atoms with Gasteiger partial charge in [-0.1, -0.05) is 68.9 Å². The van der Waals surface area contributed by atoms with Gasteiger partial charge in [-0.3, -0.25) is 38.4 Å². The molecule has 3 saturated heterocycles. The van der Waals surface area contributed by atoms with Crippen LogP contribution in [0.5, 0.6) is 0 Å². The van der Waals surface area contributed by atoms with Gasteiger partial charge in [0.2, 0.25) is 47.3 Å². The SMILES string of the molecule is CC(=O)NC1C(OCCOCCOCCNC(=O)CCOCC(COCCC(=O)NCCOCCOCCOC2OC(CO)C(O)C(O)C2NC(C)=O)(COCCC(=O)NCCOCCOCCOC2OC(CO)C(O)C(O)C2NC(C)=O)NC(=O)CCCCCCCCCCC(=O)NCCOC(C)(C)OCCNC(=O)OCc2ccccc2)OC(CO)C(O)C1O. The number of hydrogen-bond acceptors (Lipinski definition) is 36. The first-order chi connectivity index (χ1) is 61.1. The lowest BCUT2D eigenvalue weighted by Gasteiger charge is -2.42. The van der Waals surface area contributed by atoms with Gasteiger partial charge in [-0.25, -0.2) is 4.79 Å². The summed E-state index contributed by atoms with van der Waals surface area (Å²) in [7, 11) is 0. The number of aliphatic hydroxyl groups is 9. The van der Waals surface area contributed by atoms with Crippen molar-refractivity contribution in [3.63, 3.8) is 0 Å². The van der Waals surface area contributed by atoms with E-state index in [9.17, 15) is 89.1 Å². The summed E-state index contributed by atoms with van der Waals surface area (Å²) in [6.45, 7) is 6.83. The molecule has 3 heterocycles. The zero-order chi connectivity index (χ0) is 92.9. The molecule has 1 aromatic carbocycles. The molecule has 0 aliphatic carbocycles.